The van der Waals surface area contributed by atoms with Crippen LogP contribution < -0.4 is 0 Å². The highest BCUT2D eigenvalue weighted by atomic mass is 32.2. The minimum atomic E-state index is -3.17. The number of rotatable bonds is 4. The second-order valence-corrected chi connectivity index (χ2v) is 6.55. The van der Waals surface area contributed by atoms with Crippen LogP contribution in [0.2, 0.25) is 0 Å². The third-order valence-corrected chi connectivity index (χ3v) is 4.20. The van der Waals surface area contributed by atoms with Gasteiger partial charge in [-0.3, -0.25) is 4.68 Å². The molecule has 2 rings (SSSR count). The van der Waals surface area contributed by atoms with Crippen molar-refractivity contribution in [1.82, 2.24) is 9.78 Å². The molecule has 0 unspecified atom stereocenters. The predicted molar refractivity (Wildman–Crippen MR) is 58.8 cm³/mol. The Labute approximate surface area is 95.0 Å². The van der Waals surface area contributed by atoms with Gasteiger partial charge in [-0.05, 0) is 25.7 Å². The van der Waals surface area contributed by atoms with Crippen LogP contribution in [0.25, 0.3) is 0 Å². The van der Waals surface area contributed by atoms with E-state index in [1.165, 1.54) is 12.4 Å². The Morgan fingerprint density at radius 1 is 1.56 bits per heavy atom. The lowest BCUT2D eigenvalue weighted by atomic mass is 9.78. The first-order valence-corrected chi connectivity index (χ1v) is 7.23. The summed E-state index contributed by atoms with van der Waals surface area (Å²) < 4.78 is 24.0. The molecule has 0 amide bonds. The molecule has 0 radical (unpaired) electrons. The predicted octanol–water partition coefficient (Wildman–Crippen LogP) is 0.592. The maximum Gasteiger partial charge on any atom is 0.178 e. The molecule has 0 saturated heterocycles. The smallest absolute Gasteiger partial charge is 0.178 e. The molecule has 1 fully saturated rings. The summed E-state index contributed by atoms with van der Waals surface area (Å²) in [5.41, 5.74) is -0.544. The van der Waals surface area contributed by atoms with Gasteiger partial charge in [-0.1, -0.05) is 0 Å². The lowest BCUT2D eigenvalue weighted by Crippen LogP contribution is -2.37. The average Bonchev–Trinajstić information content (AvgIpc) is 2.59. The van der Waals surface area contributed by atoms with E-state index in [1.54, 1.807) is 4.68 Å². The van der Waals surface area contributed by atoms with Crippen LogP contribution in [-0.4, -0.2) is 35.2 Å². The summed E-state index contributed by atoms with van der Waals surface area (Å²) in [5, 5.41) is 13.8. The minimum Gasteiger partial charge on any atom is -0.390 e. The third kappa shape index (κ3) is 2.44. The fourth-order valence-electron chi connectivity index (χ4n) is 1.82. The molecule has 5 nitrogen and oxygen atoms in total. The van der Waals surface area contributed by atoms with E-state index in [4.69, 9.17) is 0 Å². The van der Waals surface area contributed by atoms with Gasteiger partial charge in [-0.15, -0.1) is 0 Å². The van der Waals surface area contributed by atoms with Crippen molar-refractivity contribution >= 4 is 9.84 Å². The molecule has 1 aromatic heterocycles. The van der Waals surface area contributed by atoms with E-state index in [2.05, 4.69) is 5.10 Å². The summed E-state index contributed by atoms with van der Waals surface area (Å²) in [7, 11) is -3.17. The van der Waals surface area contributed by atoms with Crippen molar-refractivity contribution in [3.8, 4) is 0 Å². The molecule has 0 aliphatic heterocycles. The molecule has 1 N–H and O–H groups in total. The number of sulfone groups is 1. The molecule has 1 aliphatic rings. The standard InChI is InChI=1S/C10H16N2O3S/c1-16(14,15)9-7-11-12(8-9)6-5-10(13)3-2-4-10/h7-8,13H,2-6H2,1H3. The molecule has 0 atom stereocenters. The third-order valence-electron chi connectivity index (χ3n) is 3.13. The largest absolute Gasteiger partial charge is 0.390 e. The second kappa shape index (κ2) is 3.85. The van der Waals surface area contributed by atoms with Gasteiger partial charge in [-0.25, -0.2) is 8.42 Å². The summed E-state index contributed by atoms with van der Waals surface area (Å²) in [4.78, 5) is 0.230. The van der Waals surface area contributed by atoms with E-state index in [9.17, 15) is 13.5 Å². The van der Waals surface area contributed by atoms with Crippen molar-refractivity contribution in [2.24, 2.45) is 0 Å². The van der Waals surface area contributed by atoms with E-state index in [0.29, 0.717) is 13.0 Å². The van der Waals surface area contributed by atoms with Crippen LogP contribution in [0.3, 0.4) is 0 Å². The zero-order chi connectivity index (χ0) is 11.8. The summed E-state index contributed by atoms with van der Waals surface area (Å²) in [6.07, 6.45) is 7.41. The highest BCUT2D eigenvalue weighted by molar-refractivity contribution is 7.90. The van der Waals surface area contributed by atoms with Crippen molar-refractivity contribution in [3.63, 3.8) is 0 Å². The topological polar surface area (TPSA) is 72.2 Å². The van der Waals surface area contributed by atoms with Gasteiger partial charge in [0.05, 0.1) is 11.8 Å². The van der Waals surface area contributed by atoms with Gasteiger partial charge >= 0.3 is 0 Å². The van der Waals surface area contributed by atoms with Crippen LogP contribution in [0.1, 0.15) is 25.7 Å². The monoisotopic (exact) mass is 244 g/mol. The fraction of sp³-hybridized carbons (Fsp3) is 0.700. The van der Waals surface area contributed by atoms with Gasteiger partial charge in [0.1, 0.15) is 4.90 Å². The summed E-state index contributed by atoms with van der Waals surface area (Å²) in [5.74, 6) is 0. The molecule has 6 heteroatoms. The lowest BCUT2D eigenvalue weighted by Gasteiger charge is -2.36. The highest BCUT2D eigenvalue weighted by Gasteiger charge is 2.33. The van der Waals surface area contributed by atoms with Crippen LogP contribution in [0.4, 0.5) is 0 Å². The van der Waals surface area contributed by atoms with Gasteiger partial charge in [0.15, 0.2) is 9.84 Å². The van der Waals surface area contributed by atoms with Crippen LogP contribution in [0, 0.1) is 0 Å². The molecule has 0 spiro atoms. The summed E-state index contributed by atoms with van der Waals surface area (Å²) in [6, 6.07) is 0. The first-order valence-electron chi connectivity index (χ1n) is 5.34. The first-order chi connectivity index (χ1) is 7.39. The molecule has 1 saturated carbocycles. The Morgan fingerprint density at radius 2 is 2.25 bits per heavy atom. The Morgan fingerprint density at radius 3 is 2.69 bits per heavy atom. The Balaban J connectivity index is 1.98. The molecule has 0 aromatic carbocycles. The maximum absolute atomic E-state index is 11.2. The Kier molecular flexibility index (Phi) is 2.79. The first kappa shape index (κ1) is 11.6. The van der Waals surface area contributed by atoms with E-state index < -0.39 is 15.4 Å². The SMILES string of the molecule is CS(=O)(=O)c1cnn(CCC2(O)CCC2)c1. The molecular formula is C10H16N2O3S. The molecule has 1 aromatic rings. The molecule has 0 bridgehead atoms. The minimum absolute atomic E-state index is 0.230. The fourth-order valence-corrected chi connectivity index (χ4v) is 2.37. The number of hydrogen-bond acceptors (Lipinski definition) is 4. The van der Waals surface area contributed by atoms with Crippen molar-refractivity contribution in [2.45, 2.75) is 42.7 Å². The van der Waals surface area contributed by atoms with Gasteiger partial charge in [0.2, 0.25) is 0 Å². The molecule has 16 heavy (non-hydrogen) atoms. The number of aromatic nitrogens is 2. The normalized spacial score (nSPS) is 19.4. The van der Waals surface area contributed by atoms with E-state index in [1.807, 2.05) is 0 Å². The van der Waals surface area contributed by atoms with Crippen molar-refractivity contribution in [2.75, 3.05) is 6.26 Å². The summed E-state index contributed by atoms with van der Waals surface area (Å²) >= 11 is 0. The molecule has 90 valence electrons. The Bertz CT molecular complexity index is 474. The van der Waals surface area contributed by atoms with E-state index in [0.717, 1.165) is 25.5 Å². The molecule has 1 aliphatic carbocycles. The second-order valence-electron chi connectivity index (χ2n) is 4.54. The number of hydrogen-bond donors (Lipinski definition) is 1. The van der Waals surface area contributed by atoms with E-state index >= 15 is 0 Å². The van der Waals surface area contributed by atoms with Gasteiger partial charge in [0.25, 0.3) is 0 Å². The van der Waals surface area contributed by atoms with Crippen LogP contribution in [-0.2, 0) is 16.4 Å². The molecular weight excluding hydrogens is 228 g/mol. The van der Waals surface area contributed by atoms with Crippen molar-refractivity contribution in [1.29, 1.82) is 0 Å². The molecule has 1 heterocycles. The van der Waals surface area contributed by atoms with Gasteiger partial charge in [0, 0.05) is 19.0 Å². The van der Waals surface area contributed by atoms with Crippen LogP contribution in [0.5, 0.6) is 0 Å². The number of aliphatic hydroxyl groups is 1. The maximum atomic E-state index is 11.2. The Hall–Kier alpha value is -0.880. The van der Waals surface area contributed by atoms with Gasteiger partial charge < -0.3 is 5.11 Å². The average molecular weight is 244 g/mol. The lowest BCUT2D eigenvalue weighted by molar-refractivity contribution is -0.0438. The number of nitrogens with zero attached hydrogens (tertiary/aromatic N) is 2. The van der Waals surface area contributed by atoms with E-state index in [-0.39, 0.29) is 4.90 Å². The number of aryl methyl sites for hydroxylation is 1. The van der Waals surface area contributed by atoms with Crippen LogP contribution in [0.15, 0.2) is 17.3 Å². The van der Waals surface area contributed by atoms with Crippen LogP contribution >= 0.6 is 0 Å². The highest BCUT2D eigenvalue weighted by Crippen LogP contribution is 2.34. The summed E-state index contributed by atoms with van der Waals surface area (Å²) in [6.45, 7) is 0.562. The van der Waals surface area contributed by atoms with Crippen molar-refractivity contribution in [3.05, 3.63) is 12.4 Å². The zero-order valence-corrected chi connectivity index (χ0v) is 10.1. The van der Waals surface area contributed by atoms with Gasteiger partial charge in [-0.2, -0.15) is 5.10 Å². The quantitative estimate of drug-likeness (QED) is 0.841. The zero-order valence-electron chi connectivity index (χ0n) is 9.26. The van der Waals surface area contributed by atoms with Crippen molar-refractivity contribution < 1.29 is 13.5 Å².